The summed E-state index contributed by atoms with van der Waals surface area (Å²) in [6.45, 7) is 1.18. The van der Waals surface area contributed by atoms with E-state index in [1.165, 1.54) is 0 Å². The predicted molar refractivity (Wildman–Crippen MR) is 132 cm³/mol. The SMILES string of the molecule is COCCNc1cccc2cc(-c3nc(N[C@@H]4CCCC[C@@H]4N)c(F)c(N)c3C(N)=O)cnc12. The lowest BCUT2D eigenvalue weighted by Crippen LogP contribution is -2.43. The molecule has 34 heavy (non-hydrogen) atoms. The van der Waals surface area contributed by atoms with Crippen molar-refractivity contribution in [2.75, 3.05) is 36.6 Å². The van der Waals surface area contributed by atoms with Crippen molar-refractivity contribution in [2.45, 2.75) is 37.8 Å². The Morgan fingerprint density at radius 1 is 1.29 bits per heavy atom. The number of methoxy groups -OCH3 is 1. The number of amides is 1. The van der Waals surface area contributed by atoms with Gasteiger partial charge in [0, 0.05) is 42.9 Å². The highest BCUT2D eigenvalue weighted by Gasteiger charge is 2.27. The number of aromatic nitrogens is 2. The number of pyridine rings is 2. The lowest BCUT2D eigenvalue weighted by atomic mass is 9.91. The second kappa shape index (κ2) is 10.2. The number of benzene rings is 1. The monoisotopic (exact) mass is 467 g/mol. The van der Waals surface area contributed by atoms with E-state index in [9.17, 15) is 4.79 Å². The number of hydrogen-bond acceptors (Lipinski definition) is 8. The standard InChI is InChI=1S/C24H30FN7O2/c1-34-10-9-29-17-8-4-5-13-11-14(12-30-21(13)17)22-18(23(28)33)20(27)19(25)24(32-22)31-16-7-3-2-6-15(16)26/h4-5,8,11-12,15-16,29H,2-3,6-7,9-10,26H2,1H3,(H2,28,33)(H3,27,31,32)/t15-,16+/m0/s1. The van der Waals surface area contributed by atoms with Crippen molar-refractivity contribution < 1.29 is 13.9 Å². The molecule has 0 aliphatic heterocycles. The molecule has 2 atom stereocenters. The molecule has 4 rings (SSSR count). The Morgan fingerprint density at radius 2 is 2.09 bits per heavy atom. The van der Waals surface area contributed by atoms with Crippen LogP contribution in [0.4, 0.5) is 21.6 Å². The minimum atomic E-state index is -0.866. The van der Waals surface area contributed by atoms with Crippen LogP contribution in [0.3, 0.4) is 0 Å². The lowest BCUT2D eigenvalue weighted by Gasteiger charge is -2.30. The van der Waals surface area contributed by atoms with Gasteiger partial charge in [0.1, 0.15) is 0 Å². The van der Waals surface area contributed by atoms with Gasteiger partial charge in [-0.05, 0) is 25.0 Å². The van der Waals surface area contributed by atoms with Gasteiger partial charge in [-0.25, -0.2) is 9.37 Å². The molecule has 0 spiro atoms. The third-order valence-electron chi connectivity index (χ3n) is 6.17. The normalized spacial score (nSPS) is 18.1. The summed E-state index contributed by atoms with van der Waals surface area (Å²) in [5, 5.41) is 7.20. The number of hydrogen-bond donors (Lipinski definition) is 5. The molecule has 180 valence electrons. The van der Waals surface area contributed by atoms with E-state index in [1.807, 2.05) is 24.3 Å². The maximum absolute atomic E-state index is 15.1. The Bertz CT molecular complexity index is 1200. The number of ether oxygens (including phenoxy) is 1. The number of nitrogens with zero attached hydrogens (tertiary/aromatic N) is 2. The maximum atomic E-state index is 15.1. The van der Waals surface area contributed by atoms with Gasteiger partial charge in [-0.15, -0.1) is 0 Å². The van der Waals surface area contributed by atoms with Gasteiger partial charge in [-0.2, -0.15) is 0 Å². The van der Waals surface area contributed by atoms with Crippen LogP contribution in [-0.2, 0) is 4.74 Å². The zero-order chi connectivity index (χ0) is 24.2. The molecule has 8 N–H and O–H groups in total. The van der Waals surface area contributed by atoms with Gasteiger partial charge in [-0.1, -0.05) is 25.0 Å². The van der Waals surface area contributed by atoms with Crippen molar-refractivity contribution in [1.29, 1.82) is 0 Å². The smallest absolute Gasteiger partial charge is 0.253 e. The van der Waals surface area contributed by atoms with E-state index in [0.717, 1.165) is 42.3 Å². The predicted octanol–water partition coefficient (Wildman–Crippen LogP) is 2.86. The molecule has 2 heterocycles. The average molecular weight is 468 g/mol. The molecule has 1 aliphatic rings. The van der Waals surface area contributed by atoms with Crippen molar-refractivity contribution in [2.24, 2.45) is 11.5 Å². The summed E-state index contributed by atoms with van der Waals surface area (Å²) in [5.74, 6) is -1.72. The highest BCUT2D eigenvalue weighted by molar-refractivity contribution is 6.05. The Morgan fingerprint density at radius 3 is 2.82 bits per heavy atom. The van der Waals surface area contributed by atoms with Crippen LogP contribution in [0.25, 0.3) is 22.2 Å². The van der Waals surface area contributed by atoms with Crippen molar-refractivity contribution in [3.8, 4) is 11.3 Å². The molecule has 1 amide bonds. The summed E-state index contributed by atoms with van der Waals surface area (Å²) >= 11 is 0. The number of nitrogens with one attached hydrogen (secondary N) is 2. The van der Waals surface area contributed by atoms with Gasteiger partial charge < -0.3 is 32.6 Å². The number of anilines is 3. The summed E-state index contributed by atoms with van der Waals surface area (Å²) in [6.07, 6.45) is 5.24. The van der Waals surface area contributed by atoms with Crippen LogP contribution in [0.1, 0.15) is 36.0 Å². The highest BCUT2D eigenvalue weighted by atomic mass is 19.1. The summed E-state index contributed by atoms with van der Waals surface area (Å²) < 4.78 is 20.2. The number of fused-ring (bicyclic) bond motifs is 1. The van der Waals surface area contributed by atoms with Crippen molar-refractivity contribution >= 4 is 34.0 Å². The number of carbonyl (C=O) groups excluding carboxylic acids is 1. The fraction of sp³-hybridized carbons (Fsp3) is 0.375. The summed E-state index contributed by atoms with van der Waals surface area (Å²) in [4.78, 5) is 21.3. The van der Waals surface area contributed by atoms with Crippen LogP contribution < -0.4 is 27.8 Å². The van der Waals surface area contributed by atoms with Crippen LogP contribution in [0, 0.1) is 5.82 Å². The highest BCUT2D eigenvalue weighted by Crippen LogP contribution is 2.34. The first-order valence-electron chi connectivity index (χ1n) is 11.3. The van der Waals surface area contributed by atoms with Gasteiger partial charge in [0.2, 0.25) is 0 Å². The topological polar surface area (TPSA) is 154 Å². The van der Waals surface area contributed by atoms with E-state index >= 15 is 4.39 Å². The first-order valence-corrected chi connectivity index (χ1v) is 11.3. The Hall–Kier alpha value is -3.50. The van der Waals surface area contributed by atoms with Gasteiger partial charge in [0.25, 0.3) is 5.91 Å². The van der Waals surface area contributed by atoms with Crippen molar-refractivity contribution in [3.05, 3.63) is 41.8 Å². The van der Waals surface area contributed by atoms with Gasteiger partial charge in [0.15, 0.2) is 11.6 Å². The summed E-state index contributed by atoms with van der Waals surface area (Å²) in [5.41, 5.74) is 19.6. The second-order valence-electron chi connectivity index (χ2n) is 8.50. The number of rotatable bonds is 8. The summed E-state index contributed by atoms with van der Waals surface area (Å²) in [7, 11) is 1.64. The second-order valence-corrected chi connectivity index (χ2v) is 8.50. The summed E-state index contributed by atoms with van der Waals surface area (Å²) in [6, 6.07) is 7.26. The minimum absolute atomic E-state index is 0.0464. The number of para-hydroxylation sites is 1. The lowest BCUT2D eigenvalue weighted by molar-refractivity contribution is 0.100. The van der Waals surface area contributed by atoms with Crippen LogP contribution in [-0.4, -0.2) is 48.2 Å². The molecule has 0 radical (unpaired) electrons. The van der Waals surface area contributed by atoms with E-state index < -0.39 is 11.7 Å². The molecule has 0 unspecified atom stereocenters. The van der Waals surface area contributed by atoms with Gasteiger partial charge in [0.05, 0.1) is 34.8 Å². The molecule has 3 aromatic rings. The molecule has 1 aromatic carbocycles. The molecule has 1 saturated carbocycles. The van der Waals surface area contributed by atoms with E-state index in [2.05, 4.69) is 20.6 Å². The molecule has 1 fully saturated rings. The number of nitrogens with two attached hydrogens (primary N) is 3. The third-order valence-corrected chi connectivity index (χ3v) is 6.17. The average Bonchev–Trinajstić information content (AvgIpc) is 2.83. The van der Waals surface area contributed by atoms with Crippen LogP contribution in [0.5, 0.6) is 0 Å². The van der Waals surface area contributed by atoms with Gasteiger partial charge in [-0.3, -0.25) is 9.78 Å². The zero-order valence-corrected chi connectivity index (χ0v) is 19.1. The van der Waals surface area contributed by atoms with Crippen molar-refractivity contribution in [1.82, 2.24) is 9.97 Å². The van der Waals surface area contributed by atoms with E-state index in [4.69, 9.17) is 21.9 Å². The molecular weight excluding hydrogens is 437 g/mol. The molecule has 10 heteroatoms. The first-order chi connectivity index (χ1) is 16.4. The third kappa shape index (κ3) is 4.73. The molecular formula is C24H30FN7O2. The van der Waals surface area contributed by atoms with Crippen LogP contribution in [0.15, 0.2) is 30.5 Å². The minimum Gasteiger partial charge on any atom is -0.396 e. The van der Waals surface area contributed by atoms with Crippen LogP contribution in [0.2, 0.25) is 0 Å². The Labute approximate surface area is 197 Å². The molecule has 0 saturated heterocycles. The quantitative estimate of drug-likeness (QED) is 0.317. The number of nitrogen functional groups attached to an aromatic ring is 1. The van der Waals surface area contributed by atoms with E-state index in [1.54, 1.807) is 13.3 Å². The largest absolute Gasteiger partial charge is 0.396 e. The van der Waals surface area contributed by atoms with Crippen molar-refractivity contribution in [3.63, 3.8) is 0 Å². The van der Waals surface area contributed by atoms with Crippen LogP contribution >= 0.6 is 0 Å². The molecule has 9 nitrogen and oxygen atoms in total. The maximum Gasteiger partial charge on any atom is 0.253 e. The van der Waals surface area contributed by atoms with E-state index in [0.29, 0.717) is 18.7 Å². The number of primary amides is 1. The molecule has 2 aromatic heterocycles. The Kier molecular flexibility index (Phi) is 7.09. The fourth-order valence-corrected chi connectivity index (χ4v) is 4.37. The zero-order valence-electron chi connectivity index (χ0n) is 19.1. The van der Waals surface area contributed by atoms with Gasteiger partial charge >= 0.3 is 0 Å². The molecule has 0 bridgehead atoms. The van der Waals surface area contributed by atoms with E-state index in [-0.39, 0.29) is 34.8 Å². The number of halogens is 1. The molecule has 1 aliphatic carbocycles. The fourth-order valence-electron chi connectivity index (χ4n) is 4.37. The number of carbonyl (C=O) groups is 1. The first kappa shape index (κ1) is 23.7. The Balaban J connectivity index is 1.77.